The Morgan fingerprint density at radius 2 is 2.22 bits per heavy atom. The fourth-order valence-electron chi connectivity index (χ4n) is 3.57. The second-order valence-corrected chi connectivity index (χ2v) is 8.35. The lowest BCUT2D eigenvalue weighted by Gasteiger charge is -2.27. The molecule has 0 radical (unpaired) electrons. The summed E-state index contributed by atoms with van der Waals surface area (Å²) in [6.07, 6.45) is 4.43. The molecule has 5 heteroatoms. The Balaban J connectivity index is 1.68. The summed E-state index contributed by atoms with van der Waals surface area (Å²) in [5, 5.41) is 7.68. The lowest BCUT2D eigenvalue weighted by molar-refractivity contribution is 0.0935. The summed E-state index contributed by atoms with van der Waals surface area (Å²) in [6.45, 7) is 2.26. The van der Waals surface area contributed by atoms with Gasteiger partial charge < -0.3 is 10.6 Å². The van der Waals surface area contributed by atoms with Crippen LogP contribution in [-0.2, 0) is 12.8 Å². The van der Waals surface area contributed by atoms with Crippen LogP contribution in [0.2, 0.25) is 0 Å². The number of carbonyl (C=O) groups is 1. The van der Waals surface area contributed by atoms with Crippen molar-refractivity contribution in [2.75, 3.05) is 5.32 Å². The average molecular weight is 391 g/mol. The minimum Gasteiger partial charge on any atom is -0.353 e. The molecule has 4 rings (SSSR count). The van der Waals surface area contributed by atoms with Gasteiger partial charge in [0.25, 0.3) is 5.91 Å². The number of carbonyl (C=O) groups excluding carboxylic acids is 1. The van der Waals surface area contributed by atoms with E-state index in [0.29, 0.717) is 0 Å². The van der Waals surface area contributed by atoms with E-state index in [0.717, 1.165) is 39.4 Å². The number of anilines is 1. The molecule has 1 aliphatic carbocycles. The molecule has 2 aromatic rings. The number of nitrogens with one attached hydrogen (secondary N) is 2. The third kappa shape index (κ3) is 2.70. The van der Waals surface area contributed by atoms with Crippen LogP contribution in [0, 0.1) is 5.92 Å². The number of amides is 1. The van der Waals surface area contributed by atoms with Gasteiger partial charge >= 0.3 is 0 Å². The maximum absolute atomic E-state index is 12.7. The van der Waals surface area contributed by atoms with Crippen LogP contribution in [0.3, 0.4) is 0 Å². The van der Waals surface area contributed by atoms with E-state index in [-0.39, 0.29) is 12.1 Å². The molecule has 0 saturated carbocycles. The van der Waals surface area contributed by atoms with Gasteiger partial charge in [-0.3, -0.25) is 4.79 Å². The summed E-state index contributed by atoms with van der Waals surface area (Å²) in [5.74, 6) is 0.836. The number of fused-ring (bicyclic) bond motifs is 3. The molecule has 0 unspecified atom stereocenters. The molecule has 2 atom stereocenters. The Morgan fingerprint density at radius 3 is 3.00 bits per heavy atom. The van der Waals surface area contributed by atoms with Gasteiger partial charge in [0.05, 0.1) is 5.56 Å². The highest BCUT2D eigenvalue weighted by Crippen LogP contribution is 2.43. The zero-order valence-corrected chi connectivity index (χ0v) is 15.4. The number of benzene rings is 1. The molecule has 0 spiro atoms. The van der Waals surface area contributed by atoms with Crippen LogP contribution in [0.4, 0.5) is 5.00 Å². The lowest BCUT2D eigenvalue weighted by Crippen LogP contribution is -2.38. The molecule has 120 valence electrons. The molecule has 2 heterocycles. The number of hydrogen-bond acceptors (Lipinski definition) is 3. The molecule has 1 aliphatic heterocycles. The van der Waals surface area contributed by atoms with Crippen molar-refractivity contribution in [3.8, 4) is 0 Å². The summed E-state index contributed by atoms with van der Waals surface area (Å²) in [5.41, 5.74) is 3.24. The third-order valence-electron chi connectivity index (χ3n) is 4.90. The fraction of sp³-hybridized carbons (Fsp3) is 0.389. The first-order valence-corrected chi connectivity index (χ1v) is 9.74. The molecule has 3 nitrogen and oxygen atoms in total. The highest BCUT2D eigenvalue weighted by atomic mass is 79.9. The molecule has 1 aromatic heterocycles. The van der Waals surface area contributed by atoms with Crippen LogP contribution >= 0.6 is 27.3 Å². The van der Waals surface area contributed by atoms with Crippen molar-refractivity contribution < 1.29 is 4.79 Å². The van der Waals surface area contributed by atoms with E-state index in [1.54, 1.807) is 11.3 Å². The molecular formula is C18H19BrN2OS. The molecule has 0 bridgehead atoms. The van der Waals surface area contributed by atoms with Gasteiger partial charge in [-0.2, -0.15) is 0 Å². The lowest BCUT2D eigenvalue weighted by atomic mass is 9.85. The Bertz CT molecular complexity index is 770. The standard InChI is InChI=1S/C18H19BrN2OS/c1-2-10-6-7-13-14(8-10)23-18-15(13)17(22)20-16(21-18)11-4-3-5-12(19)9-11/h3-5,9-10,16,21H,2,6-8H2,1H3,(H,20,22)/t10-,16+/m1/s1. The number of hydrogen-bond donors (Lipinski definition) is 2. The molecule has 2 aliphatic rings. The highest BCUT2D eigenvalue weighted by molar-refractivity contribution is 9.10. The van der Waals surface area contributed by atoms with Crippen molar-refractivity contribution in [3.05, 3.63) is 50.3 Å². The molecule has 2 N–H and O–H groups in total. The van der Waals surface area contributed by atoms with Crippen molar-refractivity contribution in [3.63, 3.8) is 0 Å². The summed E-state index contributed by atoms with van der Waals surface area (Å²) < 4.78 is 1.02. The molecule has 0 saturated heterocycles. The van der Waals surface area contributed by atoms with Crippen LogP contribution in [0.25, 0.3) is 0 Å². The van der Waals surface area contributed by atoms with Gasteiger partial charge in [-0.25, -0.2) is 0 Å². The minimum atomic E-state index is -0.158. The molecule has 1 amide bonds. The maximum Gasteiger partial charge on any atom is 0.256 e. The molecule has 23 heavy (non-hydrogen) atoms. The normalized spacial score (nSPS) is 22.8. The van der Waals surface area contributed by atoms with Crippen LogP contribution < -0.4 is 10.6 Å². The topological polar surface area (TPSA) is 41.1 Å². The summed E-state index contributed by atoms with van der Waals surface area (Å²) in [7, 11) is 0. The van der Waals surface area contributed by atoms with Gasteiger partial charge in [0.1, 0.15) is 11.2 Å². The SMILES string of the molecule is CC[C@@H]1CCc2c(sc3c2C(=O)N[C@H](c2cccc(Br)c2)N3)C1. The van der Waals surface area contributed by atoms with E-state index in [1.807, 2.05) is 24.3 Å². The Morgan fingerprint density at radius 1 is 1.35 bits per heavy atom. The zero-order valence-electron chi connectivity index (χ0n) is 13.0. The Kier molecular flexibility index (Phi) is 3.93. The number of rotatable bonds is 2. The second-order valence-electron chi connectivity index (χ2n) is 6.33. The van der Waals surface area contributed by atoms with Gasteiger partial charge in [-0.15, -0.1) is 11.3 Å². The van der Waals surface area contributed by atoms with Gasteiger partial charge in [0.2, 0.25) is 0 Å². The predicted molar refractivity (Wildman–Crippen MR) is 98.1 cm³/mol. The van der Waals surface area contributed by atoms with E-state index in [4.69, 9.17) is 0 Å². The summed E-state index contributed by atoms with van der Waals surface area (Å²) >= 11 is 5.28. The van der Waals surface area contributed by atoms with Crippen LogP contribution in [0.5, 0.6) is 0 Å². The molecular weight excluding hydrogens is 372 g/mol. The maximum atomic E-state index is 12.7. The van der Waals surface area contributed by atoms with Crippen molar-refractivity contribution >= 4 is 38.2 Å². The van der Waals surface area contributed by atoms with Gasteiger partial charge in [0.15, 0.2) is 0 Å². The predicted octanol–water partition coefficient (Wildman–Crippen LogP) is 4.88. The number of halogens is 1. The fourth-order valence-corrected chi connectivity index (χ4v) is 5.37. The quantitative estimate of drug-likeness (QED) is 0.766. The second kappa shape index (κ2) is 5.95. The summed E-state index contributed by atoms with van der Waals surface area (Å²) in [6, 6.07) is 8.07. The van der Waals surface area contributed by atoms with E-state index in [1.165, 1.54) is 23.3 Å². The van der Waals surface area contributed by atoms with E-state index in [2.05, 4.69) is 33.5 Å². The monoisotopic (exact) mass is 390 g/mol. The van der Waals surface area contributed by atoms with Gasteiger partial charge in [-0.1, -0.05) is 41.4 Å². The first kappa shape index (κ1) is 15.2. The Hall–Kier alpha value is -1.33. The van der Waals surface area contributed by atoms with Crippen molar-refractivity contribution in [2.24, 2.45) is 5.92 Å². The summed E-state index contributed by atoms with van der Waals surface area (Å²) in [4.78, 5) is 14.1. The zero-order chi connectivity index (χ0) is 16.0. The third-order valence-corrected chi connectivity index (χ3v) is 6.58. The van der Waals surface area contributed by atoms with Crippen molar-refractivity contribution in [1.82, 2.24) is 5.32 Å². The van der Waals surface area contributed by atoms with E-state index < -0.39 is 0 Å². The van der Waals surface area contributed by atoms with E-state index >= 15 is 0 Å². The van der Waals surface area contributed by atoms with Crippen LogP contribution in [0.15, 0.2) is 28.7 Å². The number of thiophene rings is 1. The molecule has 1 aromatic carbocycles. The Labute approximate surface area is 148 Å². The highest BCUT2D eigenvalue weighted by Gasteiger charge is 2.33. The average Bonchev–Trinajstić information content (AvgIpc) is 2.92. The first-order valence-electron chi connectivity index (χ1n) is 8.13. The van der Waals surface area contributed by atoms with Crippen LogP contribution in [0.1, 0.15) is 52.3 Å². The van der Waals surface area contributed by atoms with Crippen molar-refractivity contribution in [2.45, 2.75) is 38.8 Å². The first-order chi connectivity index (χ1) is 11.2. The van der Waals surface area contributed by atoms with Gasteiger partial charge in [-0.05, 0) is 48.4 Å². The van der Waals surface area contributed by atoms with E-state index in [9.17, 15) is 4.79 Å². The smallest absolute Gasteiger partial charge is 0.256 e. The van der Waals surface area contributed by atoms with Gasteiger partial charge in [0, 0.05) is 9.35 Å². The van der Waals surface area contributed by atoms with Crippen molar-refractivity contribution in [1.29, 1.82) is 0 Å². The molecule has 0 fully saturated rings. The minimum absolute atomic E-state index is 0.0659. The largest absolute Gasteiger partial charge is 0.353 e. The van der Waals surface area contributed by atoms with Crippen LogP contribution in [-0.4, -0.2) is 5.91 Å².